The molecule has 0 radical (unpaired) electrons. The lowest BCUT2D eigenvalue weighted by Gasteiger charge is -2.37. The summed E-state index contributed by atoms with van der Waals surface area (Å²) >= 11 is 0. The van der Waals surface area contributed by atoms with E-state index in [0.717, 1.165) is 12.3 Å². The van der Waals surface area contributed by atoms with E-state index in [4.69, 9.17) is 0 Å². The molecule has 154 valence electrons. The topological polar surface area (TPSA) is 0 Å². The van der Waals surface area contributed by atoms with Crippen LogP contribution >= 0.6 is 0 Å². The summed E-state index contributed by atoms with van der Waals surface area (Å²) in [6.07, 6.45) is 9.67. The largest absolute Gasteiger partial charge is 0.103 e. The molecule has 30 heavy (non-hydrogen) atoms. The third-order valence-corrected chi connectivity index (χ3v) is 7.91. The van der Waals surface area contributed by atoms with Gasteiger partial charge in [0.15, 0.2) is 0 Å². The van der Waals surface area contributed by atoms with Crippen molar-refractivity contribution in [2.24, 2.45) is 5.92 Å². The highest BCUT2D eigenvalue weighted by atomic mass is 14.4. The van der Waals surface area contributed by atoms with Crippen molar-refractivity contribution in [3.05, 3.63) is 83.4 Å². The molecule has 1 saturated carbocycles. The van der Waals surface area contributed by atoms with Crippen molar-refractivity contribution in [3.8, 4) is 11.1 Å². The molecule has 3 aromatic rings. The quantitative estimate of drug-likeness (QED) is 0.389. The number of rotatable bonds is 4. The van der Waals surface area contributed by atoms with Gasteiger partial charge in [-0.2, -0.15) is 0 Å². The van der Waals surface area contributed by atoms with E-state index in [1.807, 2.05) is 0 Å². The highest BCUT2D eigenvalue weighted by Crippen LogP contribution is 2.50. The third-order valence-electron chi connectivity index (χ3n) is 7.91. The second-order valence-electron chi connectivity index (χ2n) is 10.0. The van der Waals surface area contributed by atoms with E-state index in [1.54, 1.807) is 5.56 Å². The molecular weight excluding hydrogens is 360 g/mol. The zero-order chi connectivity index (χ0) is 20.9. The molecule has 2 aliphatic carbocycles. The van der Waals surface area contributed by atoms with Crippen LogP contribution < -0.4 is 0 Å². The highest BCUT2D eigenvalue weighted by molar-refractivity contribution is 6.04. The van der Waals surface area contributed by atoms with Gasteiger partial charge in [-0.25, -0.2) is 0 Å². The Morgan fingerprint density at radius 1 is 0.933 bits per heavy atom. The van der Waals surface area contributed by atoms with E-state index in [1.165, 1.54) is 70.7 Å². The molecule has 0 aromatic heterocycles. The molecule has 0 atom stereocenters. The zero-order valence-electron chi connectivity index (χ0n) is 18.8. The number of allylic oxidation sites excluding steroid dienone is 1. The Bertz CT molecular complexity index is 1110. The van der Waals surface area contributed by atoms with Crippen molar-refractivity contribution >= 4 is 10.8 Å². The van der Waals surface area contributed by atoms with Gasteiger partial charge in [0.2, 0.25) is 0 Å². The van der Waals surface area contributed by atoms with Gasteiger partial charge in [-0.3, -0.25) is 0 Å². The predicted molar refractivity (Wildman–Crippen MR) is 130 cm³/mol. The molecule has 1 fully saturated rings. The summed E-state index contributed by atoms with van der Waals surface area (Å²) in [5.74, 6) is 1.42. The second kappa shape index (κ2) is 7.41. The Morgan fingerprint density at radius 3 is 2.43 bits per heavy atom. The van der Waals surface area contributed by atoms with Gasteiger partial charge in [0, 0.05) is 5.41 Å². The summed E-state index contributed by atoms with van der Waals surface area (Å²) in [7, 11) is 0. The minimum atomic E-state index is 0.0288. The van der Waals surface area contributed by atoms with Crippen LogP contribution in [0.2, 0.25) is 0 Å². The zero-order valence-corrected chi connectivity index (χ0v) is 18.8. The Balaban J connectivity index is 1.65. The van der Waals surface area contributed by atoms with Crippen molar-refractivity contribution in [1.29, 1.82) is 0 Å². The Kier molecular flexibility index (Phi) is 4.85. The van der Waals surface area contributed by atoms with E-state index in [2.05, 4.69) is 82.0 Å². The predicted octanol–water partition coefficient (Wildman–Crippen LogP) is 8.56. The lowest BCUT2D eigenvalue weighted by Crippen LogP contribution is -2.24. The Morgan fingerprint density at radius 2 is 1.70 bits per heavy atom. The van der Waals surface area contributed by atoms with Crippen LogP contribution in [0.3, 0.4) is 0 Å². The fraction of sp³-hybridized carbons (Fsp3) is 0.400. The molecule has 5 rings (SSSR count). The first-order chi connectivity index (χ1) is 14.5. The van der Waals surface area contributed by atoms with Gasteiger partial charge < -0.3 is 0 Å². The first-order valence-electron chi connectivity index (χ1n) is 11.9. The van der Waals surface area contributed by atoms with E-state index >= 15 is 0 Å². The monoisotopic (exact) mass is 394 g/mol. The number of fused-ring (bicyclic) bond motifs is 2. The number of hydrogen-bond donors (Lipinski definition) is 0. The molecule has 0 saturated heterocycles. The van der Waals surface area contributed by atoms with Gasteiger partial charge in [0.25, 0.3) is 0 Å². The summed E-state index contributed by atoms with van der Waals surface area (Å²) in [4.78, 5) is 0. The number of benzene rings is 3. The minimum absolute atomic E-state index is 0.0288. The van der Waals surface area contributed by atoms with Gasteiger partial charge in [-0.05, 0) is 88.1 Å². The molecule has 0 spiro atoms. The average Bonchev–Trinajstić information content (AvgIpc) is 2.78. The van der Waals surface area contributed by atoms with Crippen LogP contribution in [0.25, 0.3) is 21.9 Å². The first kappa shape index (κ1) is 19.6. The molecule has 3 aromatic carbocycles. The highest BCUT2D eigenvalue weighted by Gasteiger charge is 2.34. The van der Waals surface area contributed by atoms with Crippen LogP contribution in [0, 0.1) is 5.92 Å². The van der Waals surface area contributed by atoms with E-state index in [0.29, 0.717) is 5.92 Å². The number of aryl methyl sites for hydroxylation is 1. The summed E-state index contributed by atoms with van der Waals surface area (Å²) in [5, 5.41) is 2.94. The van der Waals surface area contributed by atoms with Crippen LogP contribution in [0.1, 0.15) is 81.0 Å². The van der Waals surface area contributed by atoms with Gasteiger partial charge in [0.05, 0.1) is 0 Å². The molecular formula is C30H34. The van der Waals surface area contributed by atoms with Crippen molar-refractivity contribution in [3.63, 3.8) is 0 Å². The summed E-state index contributed by atoms with van der Waals surface area (Å²) in [5.41, 5.74) is 8.94. The van der Waals surface area contributed by atoms with Gasteiger partial charge in [-0.1, -0.05) is 81.8 Å². The third kappa shape index (κ3) is 2.96. The van der Waals surface area contributed by atoms with Crippen LogP contribution in [0.5, 0.6) is 0 Å². The maximum atomic E-state index is 4.02. The smallest absolute Gasteiger partial charge is 0.0159 e. The van der Waals surface area contributed by atoms with Crippen LogP contribution in [-0.4, -0.2) is 0 Å². The summed E-state index contributed by atoms with van der Waals surface area (Å²) < 4.78 is 0. The standard InChI is InChI=1S/C30H34/c1-5-8-22-15-18-26-25-17-16-23(21-13-11-20(6-2)12-14-21)19-28(25)30(3,4)27-10-7-9-24(22)29(26)27/h6-7,9-10,15-21H,2,5,8,11-14H2,1,3-4H3. The van der Waals surface area contributed by atoms with E-state index in [-0.39, 0.29) is 5.41 Å². The van der Waals surface area contributed by atoms with Crippen molar-refractivity contribution in [1.82, 2.24) is 0 Å². The van der Waals surface area contributed by atoms with Crippen LogP contribution in [0.15, 0.2) is 61.2 Å². The van der Waals surface area contributed by atoms with E-state index < -0.39 is 0 Å². The minimum Gasteiger partial charge on any atom is -0.103 e. The fourth-order valence-electron chi connectivity index (χ4n) is 6.10. The van der Waals surface area contributed by atoms with Gasteiger partial charge in [0.1, 0.15) is 0 Å². The molecule has 0 N–H and O–H groups in total. The van der Waals surface area contributed by atoms with Crippen molar-refractivity contribution < 1.29 is 0 Å². The van der Waals surface area contributed by atoms with Gasteiger partial charge in [-0.15, -0.1) is 6.58 Å². The molecule has 0 bridgehead atoms. The SMILES string of the molecule is C=CC1CCC(c2ccc3c(c2)C(C)(C)c2cccc4c(CCC)ccc-3c24)CC1. The number of hydrogen-bond acceptors (Lipinski definition) is 0. The fourth-order valence-corrected chi connectivity index (χ4v) is 6.10. The van der Waals surface area contributed by atoms with Crippen LogP contribution in [-0.2, 0) is 11.8 Å². The lowest BCUT2D eigenvalue weighted by molar-refractivity contribution is 0.376. The first-order valence-corrected chi connectivity index (χ1v) is 11.9. The second-order valence-corrected chi connectivity index (χ2v) is 10.0. The normalized spacial score (nSPS) is 22.0. The van der Waals surface area contributed by atoms with Gasteiger partial charge >= 0.3 is 0 Å². The molecule has 0 amide bonds. The summed E-state index contributed by atoms with van der Waals surface area (Å²) in [6, 6.07) is 19.1. The van der Waals surface area contributed by atoms with Crippen LogP contribution in [0.4, 0.5) is 0 Å². The molecule has 0 heteroatoms. The Labute approximate surface area is 182 Å². The molecule has 0 nitrogen and oxygen atoms in total. The van der Waals surface area contributed by atoms with Crippen molar-refractivity contribution in [2.45, 2.75) is 70.6 Å². The molecule has 0 heterocycles. The Hall–Kier alpha value is -2.34. The molecule has 0 aliphatic heterocycles. The lowest BCUT2D eigenvalue weighted by atomic mass is 9.67. The maximum Gasteiger partial charge on any atom is 0.0159 e. The average molecular weight is 395 g/mol. The maximum absolute atomic E-state index is 4.02. The summed E-state index contributed by atoms with van der Waals surface area (Å²) in [6.45, 7) is 11.1. The molecule has 0 unspecified atom stereocenters. The molecule has 2 aliphatic rings. The van der Waals surface area contributed by atoms with E-state index in [9.17, 15) is 0 Å². The van der Waals surface area contributed by atoms with Crippen molar-refractivity contribution in [2.75, 3.05) is 0 Å².